The molecule has 1 atom stereocenters. The van der Waals surface area contributed by atoms with Crippen molar-refractivity contribution in [2.45, 2.75) is 32.0 Å². The van der Waals surface area contributed by atoms with Gasteiger partial charge in [0.05, 0.1) is 29.7 Å². The van der Waals surface area contributed by atoms with Gasteiger partial charge in [0.2, 0.25) is 5.91 Å². The Labute approximate surface area is 101 Å². The number of morpholine rings is 1. The van der Waals surface area contributed by atoms with Gasteiger partial charge in [0.15, 0.2) is 0 Å². The molecule has 0 aromatic carbocycles. The van der Waals surface area contributed by atoms with E-state index in [1.54, 1.807) is 4.90 Å². The topological polar surface area (TPSA) is 75.8 Å². The van der Waals surface area contributed by atoms with E-state index in [1.807, 2.05) is 13.8 Å². The van der Waals surface area contributed by atoms with Gasteiger partial charge in [0.25, 0.3) is 0 Å². The van der Waals surface area contributed by atoms with E-state index in [9.17, 15) is 4.79 Å². The number of carbonyl (C=O) groups is 1. The molecule has 1 amide bonds. The average Bonchev–Trinajstić information content (AvgIpc) is 2.14. The Kier molecular flexibility index (Phi) is 4.23. The van der Waals surface area contributed by atoms with Crippen molar-refractivity contribution in [2.24, 2.45) is 5.73 Å². The fourth-order valence-electron chi connectivity index (χ4n) is 1.84. The lowest BCUT2D eigenvalue weighted by atomic mass is 10.0. The van der Waals surface area contributed by atoms with Gasteiger partial charge in [-0.05, 0) is 13.8 Å². The zero-order valence-electron chi connectivity index (χ0n) is 9.60. The lowest BCUT2D eigenvalue weighted by molar-refractivity contribution is -0.166. The Morgan fingerprint density at radius 3 is 2.81 bits per heavy atom. The zero-order chi connectivity index (χ0) is 12.3. The number of nitrogens with zero attached hydrogens (tertiary/aromatic N) is 1. The highest BCUT2D eigenvalue weighted by Crippen LogP contribution is 2.21. The molecule has 3 N–H and O–H groups in total. The van der Waals surface area contributed by atoms with Crippen molar-refractivity contribution in [2.75, 3.05) is 19.7 Å². The van der Waals surface area contributed by atoms with E-state index in [-0.39, 0.29) is 30.0 Å². The number of aliphatic hydroxyl groups is 1. The van der Waals surface area contributed by atoms with Crippen molar-refractivity contribution in [3.05, 3.63) is 0 Å². The van der Waals surface area contributed by atoms with E-state index >= 15 is 0 Å². The molecule has 0 saturated carbocycles. The number of hydrogen-bond donors (Lipinski definition) is 2. The van der Waals surface area contributed by atoms with E-state index in [4.69, 9.17) is 27.8 Å². The smallest absolute Gasteiger partial charge is 0.229 e. The first kappa shape index (κ1) is 13.3. The van der Waals surface area contributed by atoms with Crippen molar-refractivity contribution in [1.29, 1.82) is 0 Å². The van der Waals surface area contributed by atoms with Gasteiger partial charge in [0, 0.05) is 13.1 Å². The molecule has 92 valence electrons. The maximum absolute atomic E-state index is 11.8. The van der Waals surface area contributed by atoms with Crippen molar-refractivity contribution in [1.82, 2.24) is 4.90 Å². The number of thiocarbonyl (C=S) groups is 1. The molecule has 1 heterocycles. The molecule has 6 heteroatoms. The van der Waals surface area contributed by atoms with E-state index in [0.717, 1.165) is 0 Å². The molecule has 0 aliphatic carbocycles. The van der Waals surface area contributed by atoms with Gasteiger partial charge in [-0.1, -0.05) is 12.2 Å². The third-order valence-corrected chi connectivity index (χ3v) is 2.51. The molecular weight excluding hydrogens is 228 g/mol. The molecular formula is C10H18N2O3S. The number of hydrogen-bond acceptors (Lipinski definition) is 4. The number of amides is 1. The predicted molar refractivity (Wildman–Crippen MR) is 64.0 cm³/mol. The van der Waals surface area contributed by atoms with E-state index in [2.05, 4.69) is 0 Å². The molecule has 5 nitrogen and oxygen atoms in total. The largest absolute Gasteiger partial charge is 0.394 e. The van der Waals surface area contributed by atoms with Crippen LogP contribution in [0.15, 0.2) is 0 Å². The highest BCUT2D eigenvalue weighted by molar-refractivity contribution is 7.80. The average molecular weight is 246 g/mol. The second-order valence-corrected chi connectivity index (χ2v) is 5.12. The maximum atomic E-state index is 11.8. The molecule has 0 spiro atoms. The maximum Gasteiger partial charge on any atom is 0.229 e. The van der Waals surface area contributed by atoms with Crippen LogP contribution in [-0.4, -0.2) is 52.3 Å². The summed E-state index contributed by atoms with van der Waals surface area (Å²) in [5.74, 6) is -0.109. The van der Waals surface area contributed by atoms with Crippen LogP contribution in [0.5, 0.6) is 0 Å². The van der Waals surface area contributed by atoms with Crippen LogP contribution in [0.1, 0.15) is 20.3 Å². The van der Waals surface area contributed by atoms with Gasteiger partial charge in [-0.25, -0.2) is 0 Å². The van der Waals surface area contributed by atoms with Gasteiger partial charge in [-0.2, -0.15) is 0 Å². The van der Waals surface area contributed by atoms with Crippen LogP contribution >= 0.6 is 12.2 Å². The Hall–Kier alpha value is -0.720. The summed E-state index contributed by atoms with van der Waals surface area (Å²) in [4.78, 5) is 13.6. The van der Waals surface area contributed by atoms with Gasteiger partial charge in [-0.3, -0.25) is 4.79 Å². The zero-order valence-corrected chi connectivity index (χ0v) is 10.4. The lowest BCUT2D eigenvalue weighted by Gasteiger charge is -2.42. The van der Waals surface area contributed by atoms with E-state index in [1.165, 1.54) is 0 Å². The summed E-state index contributed by atoms with van der Waals surface area (Å²) in [6.45, 7) is 4.55. The molecule has 0 bridgehead atoms. The lowest BCUT2D eigenvalue weighted by Crippen LogP contribution is -2.55. The first-order valence-corrected chi connectivity index (χ1v) is 5.59. The second kappa shape index (κ2) is 5.07. The molecule has 1 saturated heterocycles. The number of carbonyl (C=O) groups excluding carboxylic acids is 1. The standard InChI is InChI=1S/C10H18N2O3S/c1-10(2)6-12(4-7(5-13)15-10)9(14)3-8(11)16/h7,13H,3-6H2,1-2H3,(H2,11,16). The van der Waals surface area contributed by atoms with Crippen LogP contribution in [0, 0.1) is 0 Å². The summed E-state index contributed by atoms with van der Waals surface area (Å²) in [6, 6.07) is 0. The molecule has 0 aromatic heterocycles. The van der Waals surface area contributed by atoms with Crippen molar-refractivity contribution < 1.29 is 14.6 Å². The molecule has 16 heavy (non-hydrogen) atoms. The molecule has 1 rings (SSSR count). The van der Waals surface area contributed by atoms with Crippen LogP contribution in [-0.2, 0) is 9.53 Å². The number of ether oxygens (including phenoxy) is 1. The molecule has 1 fully saturated rings. The Balaban J connectivity index is 2.66. The summed E-state index contributed by atoms with van der Waals surface area (Å²) in [5, 5.41) is 9.09. The fraction of sp³-hybridized carbons (Fsp3) is 0.800. The second-order valence-electron chi connectivity index (χ2n) is 4.60. The summed E-state index contributed by atoms with van der Waals surface area (Å²) in [5.41, 5.74) is 4.89. The highest BCUT2D eigenvalue weighted by Gasteiger charge is 2.35. The first-order valence-electron chi connectivity index (χ1n) is 5.19. The van der Waals surface area contributed by atoms with Crippen molar-refractivity contribution >= 4 is 23.1 Å². The summed E-state index contributed by atoms with van der Waals surface area (Å²) in [6.07, 6.45) is -0.261. The number of aliphatic hydroxyl groups excluding tert-OH is 1. The van der Waals surface area contributed by atoms with Crippen molar-refractivity contribution in [3.8, 4) is 0 Å². The van der Waals surface area contributed by atoms with Gasteiger partial charge >= 0.3 is 0 Å². The van der Waals surface area contributed by atoms with Gasteiger partial charge in [-0.15, -0.1) is 0 Å². The minimum Gasteiger partial charge on any atom is -0.394 e. The minimum atomic E-state index is -0.447. The van der Waals surface area contributed by atoms with Crippen LogP contribution in [0.25, 0.3) is 0 Å². The third-order valence-electron chi connectivity index (χ3n) is 2.36. The summed E-state index contributed by atoms with van der Waals surface area (Å²) in [7, 11) is 0. The summed E-state index contributed by atoms with van der Waals surface area (Å²) < 4.78 is 5.60. The molecule has 0 radical (unpaired) electrons. The van der Waals surface area contributed by atoms with E-state index in [0.29, 0.717) is 13.1 Å². The quantitative estimate of drug-likeness (QED) is 0.666. The highest BCUT2D eigenvalue weighted by atomic mass is 32.1. The van der Waals surface area contributed by atoms with Crippen LogP contribution in [0.2, 0.25) is 0 Å². The van der Waals surface area contributed by atoms with Crippen molar-refractivity contribution in [3.63, 3.8) is 0 Å². The summed E-state index contributed by atoms with van der Waals surface area (Å²) >= 11 is 4.71. The van der Waals surface area contributed by atoms with Crippen LogP contribution in [0.4, 0.5) is 0 Å². The predicted octanol–water partition coefficient (Wildman–Crippen LogP) is -0.339. The fourth-order valence-corrected chi connectivity index (χ4v) is 1.97. The number of nitrogens with two attached hydrogens (primary N) is 1. The minimum absolute atomic E-state index is 0.0730. The normalized spacial score (nSPS) is 24.2. The first-order chi connectivity index (χ1) is 7.34. The van der Waals surface area contributed by atoms with E-state index < -0.39 is 5.60 Å². The Bertz CT molecular complexity index is 294. The molecule has 1 unspecified atom stereocenters. The Morgan fingerprint density at radius 1 is 1.69 bits per heavy atom. The molecule has 1 aliphatic heterocycles. The third kappa shape index (κ3) is 3.70. The van der Waals surface area contributed by atoms with Gasteiger partial charge < -0.3 is 20.5 Å². The van der Waals surface area contributed by atoms with Gasteiger partial charge in [0.1, 0.15) is 0 Å². The molecule has 0 aromatic rings. The molecule has 1 aliphatic rings. The number of rotatable bonds is 3. The van der Waals surface area contributed by atoms with Crippen LogP contribution in [0.3, 0.4) is 0 Å². The monoisotopic (exact) mass is 246 g/mol. The Morgan fingerprint density at radius 2 is 2.31 bits per heavy atom. The SMILES string of the molecule is CC1(C)CN(C(=O)CC(N)=S)CC(CO)O1. The van der Waals surface area contributed by atoms with Crippen LogP contribution < -0.4 is 5.73 Å².